The van der Waals surface area contributed by atoms with Gasteiger partial charge in [-0.25, -0.2) is 13.1 Å². The van der Waals surface area contributed by atoms with E-state index >= 15 is 0 Å². The molecule has 2 N–H and O–H groups in total. The van der Waals surface area contributed by atoms with Crippen LogP contribution in [0.4, 0.5) is 0 Å². The van der Waals surface area contributed by atoms with Crippen molar-refractivity contribution in [1.82, 2.24) is 10.0 Å². The average molecular weight is 256 g/mol. The molecule has 1 fully saturated rings. The highest BCUT2D eigenvalue weighted by molar-refractivity contribution is 7.93. The Hall–Kier alpha value is -1.31. The van der Waals surface area contributed by atoms with E-state index in [1.165, 1.54) is 12.3 Å². The molecule has 0 aliphatic carbocycles. The number of hydrogen-bond acceptors (Lipinski definition) is 5. The molecule has 92 valence electrons. The number of fused-ring (bicyclic) bond motifs is 1. The van der Waals surface area contributed by atoms with E-state index in [1.54, 1.807) is 18.4 Å². The van der Waals surface area contributed by atoms with E-state index in [0.717, 1.165) is 0 Å². The minimum Gasteiger partial charge on any atom is -0.498 e. The Balaban J connectivity index is 2.01. The van der Waals surface area contributed by atoms with Crippen LogP contribution in [0.2, 0.25) is 0 Å². The lowest BCUT2D eigenvalue weighted by molar-refractivity contribution is -0.0627. The molecule has 1 saturated heterocycles. The predicted molar refractivity (Wildman–Crippen MR) is 60.0 cm³/mol. The Kier molecular flexibility index (Phi) is 2.29. The van der Waals surface area contributed by atoms with Crippen molar-refractivity contribution in [3.63, 3.8) is 0 Å². The first-order valence-electron chi connectivity index (χ1n) is 5.21. The zero-order valence-electron chi connectivity index (χ0n) is 8.92. The molecular weight excluding hydrogens is 244 g/mol. The second-order valence-corrected chi connectivity index (χ2v) is 5.86. The molecule has 0 aromatic heterocycles. The van der Waals surface area contributed by atoms with Gasteiger partial charge in [-0.2, -0.15) is 0 Å². The lowest BCUT2D eigenvalue weighted by atomic mass is 10.1. The average Bonchev–Trinajstić information content (AvgIpc) is 2.72. The highest BCUT2D eigenvalue weighted by atomic mass is 32.2. The molecule has 3 heterocycles. The fraction of sp³-hybridized carbons (Fsp3) is 0.400. The number of rotatable bonds is 0. The van der Waals surface area contributed by atoms with Gasteiger partial charge in [-0.15, -0.1) is 0 Å². The fourth-order valence-corrected chi connectivity index (χ4v) is 3.20. The zero-order valence-corrected chi connectivity index (χ0v) is 9.74. The standard InChI is InChI=1S/C10H12N2O4S/c13-17(14)8-2-1-4-11-9(8)16-10(6-12-17)3-5-15-7-10/h1-5,9,11-12H,6-7H2. The maximum absolute atomic E-state index is 12.0. The van der Waals surface area contributed by atoms with E-state index in [9.17, 15) is 8.42 Å². The van der Waals surface area contributed by atoms with Crippen LogP contribution in [0.5, 0.6) is 0 Å². The summed E-state index contributed by atoms with van der Waals surface area (Å²) in [4.78, 5) is 0.192. The van der Waals surface area contributed by atoms with E-state index in [1.807, 2.05) is 0 Å². The van der Waals surface area contributed by atoms with Gasteiger partial charge in [0.25, 0.3) is 0 Å². The van der Waals surface area contributed by atoms with Gasteiger partial charge >= 0.3 is 0 Å². The molecule has 0 radical (unpaired) electrons. The SMILES string of the molecule is O=S1(=O)NCC2(C=COC2)OC2NC=CC=C21. The normalized spacial score (nSPS) is 37.9. The summed E-state index contributed by atoms with van der Waals surface area (Å²) in [6.45, 7) is 0.478. The van der Waals surface area contributed by atoms with Crippen LogP contribution in [-0.4, -0.2) is 33.4 Å². The van der Waals surface area contributed by atoms with Crippen LogP contribution < -0.4 is 10.0 Å². The molecule has 2 unspecified atom stereocenters. The summed E-state index contributed by atoms with van der Waals surface area (Å²) in [6, 6.07) is 0. The molecular formula is C10H12N2O4S. The summed E-state index contributed by atoms with van der Waals surface area (Å²) in [6.07, 6.45) is 7.41. The van der Waals surface area contributed by atoms with Gasteiger partial charge in [0.2, 0.25) is 10.0 Å². The van der Waals surface area contributed by atoms with Crippen molar-refractivity contribution in [2.24, 2.45) is 0 Å². The van der Waals surface area contributed by atoms with E-state index in [2.05, 4.69) is 10.0 Å². The summed E-state index contributed by atoms with van der Waals surface area (Å²) >= 11 is 0. The van der Waals surface area contributed by atoms with Crippen molar-refractivity contribution in [3.05, 3.63) is 35.6 Å². The molecule has 0 bridgehead atoms. The molecule has 2 atom stereocenters. The maximum atomic E-state index is 12.0. The third-order valence-electron chi connectivity index (χ3n) is 2.88. The third kappa shape index (κ3) is 1.76. The van der Waals surface area contributed by atoms with Crippen molar-refractivity contribution in [1.29, 1.82) is 0 Å². The highest BCUT2D eigenvalue weighted by Crippen LogP contribution is 2.28. The van der Waals surface area contributed by atoms with Crippen LogP contribution in [0.25, 0.3) is 0 Å². The van der Waals surface area contributed by atoms with Crippen molar-refractivity contribution < 1.29 is 17.9 Å². The van der Waals surface area contributed by atoms with Crippen molar-refractivity contribution in [2.75, 3.05) is 13.2 Å². The molecule has 3 aliphatic heterocycles. The quantitative estimate of drug-likeness (QED) is 0.613. The number of hydrogen-bond donors (Lipinski definition) is 2. The van der Waals surface area contributed by atoms with Gasteiger partial charge in [-0.05, 0) is 24.4 Å². The molecule has 0 saturated carbocycles. The van der Waals surface area contributed by atoms with Gasteiger partial charge in [0, 0.05) is 6.54 Å². The number of sulfonamides is 1. The first kappa shape index (κ1) is 10.8. The van der Waals surface area contributed by atoms with E-state index in [4.69, 9.17) is 9.47 Å². The lowest BCUT2D eigenvalue weighted by Crippen LogP contribution is -2.45. The molecule has 6 nitrogen and oxygen atoms in total. The largest absolute Gasteiger partial charge is 0.498 e. The number of nitrogens with one attached hydrogen (secondary N) is 2. The van der Waals surface area contributed by atoms with E-state index < -0.39 is 21.9 Å². The van der Waals surface area contributed by atoms with Gasteiger partial charge in [0.1, 0.15) is 17.1 Å². The maximum Gasteiger partial charge on any atom is 0.241 e. The smallest absolute Gasteiger partial charge is 0.241 e. The second kappa shape index (κ2) is 3.59. The predicted octanol–water partition coefficient (Wildman–Crippen LogP) is -0.454. The van der Waals surface area contributed by atoms with Crippen LogP contribution in [0.15, 0.2) is 35.6 Å². The van der Waals surface area contributed by atoms with Gasteiger partial charge in [0.15, 0.2) is 6.23 Å². The minimum atomic E-state index is -3.50. The molecule has 3 aliphatic rings. The lowest BCUT2D eigenvalue weighted by Gasteiger charge is -2.28. The summed E-state index contributed by atoms with van der Waals surface area (Å²) in [5.41, 5.74) is -0.731. The van der Waals surface area contributed by atoms with Crippen molar-refractivity contribution >= 4 is 10.0 Å². The van der Waals surface area contributed by atoms with Crippen LogP contribution in [-0.2, 0) is 19.5 Å². The molecule has 17 heavy (non-hydrogen) atoms. The van der Waals surface area contributed by atoms with Crippen LogP contribution in [0.1, 0.15) is 0 Å². The Labute approximate surface area is 99.0 Å². The Morgan fingerprint density at radius 3 is 3.12 bits per heavy atom. The molecule has 7 heteroatoms. The second-order valence-electron chi connectivity index (χ2n) is 4.10. The van der Waals surface area contributed by atoms with E-state index in [0.29, 0.717) is 6.61 Å². The van der Waals surface area contributed by atoms with Gasteiger partial charge in [0.05, 0.1) is 6.26 Å². The van der Waals surface area contributed by atoms with Crippen molar-refractivity contribution in [2.45, 2.75) is 11.8 Å². The van der Waals surface area contributed by atoms with Gasteiger partial charge in [-0.3, -0.25) is 0 Å². The fourth-order valence-electron chi connectivity index (χ4n) is 1.95. The molecule has 0 aromatic rings. The van der Waals surface area contributed by atoms with Crippen LogP contribution in [0, 0.1) is 0 Å². The Morgan fingerprint density at radius 2 is 2.35 bits per heavy atom. The molecule has 0 aromatic carbocycles. The summed E-state index contributed by atoms with van der Waals surface area (Å²) in [5.74, 6) is 0. The summed E-state index contributed by atoms with van der Waals surface area (Å²) in [5, 5.41) is 2.89. The van der Waals surface area contributed by atoms with Crippen LogP contribution in [0.3, 0.4) is 0 Å². The number of allylic oxidation sites excluding steroid dienone is 2. The van der Waals surface area contributed by atoms with Crippen molar-refractivity contribution in [3.8, 4) is 0 Å². The third-order valence-corrected chi connectivity index (χ3v) is 4.38. The Bertz CT molecular complexity index is 522. The number of ether oxygens (including phenoxy) is 2. The topological polar surface area (TPSA) is 76.7 Å². The van der Waals surface area contributed by atoms with Crippen LogP contribution >= 0.6 is 0 Å². The summed E-state index contributed by atoms with van der Waals surface area (Å²) < 4.78 is 37.4. The highest BCUT2D eigenvalue weighted by Gasteiger charge is 2.43. The number of dihydropyridines is 1. The van der Waals surface area contributed by atoms with E-state index in [-0.39, 0.29) is 11.4 Å². The Morgan fingerprint density at radius 1 is 1.47 bits per heavy atom. The molecule has 3 rings (SSSR count). The molecule has 1 spiro atoms. The van der Waals surface area contributed by atoms with Gasteiger partial charge < -0.3 is 14.8 Å². The first-order valence-corrected chi connectivity index (χ1v) is 6.69. The first-order chi connectivity index (χ1) is 8.11. The monoisotopic (exact) mass is 256 g/mol. The minimum absolute atomic E-state index is 0.168. The van der Waals surface area contributed by atoms with Gasteiger partial charge in [-0.1, -0.05) is 0 Å². The molecule has 0 amide bonds. The zero-order chi connectivity index (χ0) is 11.9. The summed E-state index contributed by atoms with van der Waals surface area (Å²) in [7, 11) is -3.50.